The first kappa shape index (κ1) is 11.6. The summed E-state index contributed by atoms with van der Waals surface area (Å²) in [6.07, 6.45) is 1.11. The van der Waals surface area contributed by atoms with Crippen LogP contribution in [0.3, 0.4) is 0 Å². The number of halogens is 1. The minimum Gasteiger partial charge on any atom is -0.382 e. The van der Waals surface area contributed by atoms with Gasteiger partial charge in [0.15, 0.2) is 0 Å². The van der Waals surface area contributed by atoms with Crippen molar-refractivity contribution in [3.8, 4) is 0 Å². The van der Waals surface area contributed by atoms with Crippen LogP contribution in [0.5, 0.6) is 0 Å². The Bertz CT molecular complexity index is 550. The smallest absolute Gasteiger partial charge is 0.0410 e. The summed E-state index contributed by atoms with van der Waals surface area (Å²) in [4.78, 5) is 0. The van der Waals surface area contributed by atoms with E-state index in [1.807, 2.05) is 6.07 Å². The van der Waals surface area contributed by atoms with E-state index in [0.29, 0.717) is 12.0 Å². The van der Waals surface area contributed by atoms with Gasteiger partial charge < -0.3 is 5.32 Å². The molecule has 1 aliphatic rings. The van der Waals surface area contributed by atoms with Crippen LogP contribution in [0.25, 0.3) is 0 Å². The Morgan fingerprint density at radius 1 is 1.11 bits per heavy atom. The Labute approximate surface area is 113 Å². The lowest BCUT2D eigenvalue weighted by Crippen LogP contribution is -2.25. The second-order valence-electron chi connectivity index (χ2n) is 4.98. The van der Waals surface area contributed by atoms with Crippen molar-refractivity contribution < 1.29 is 0 Å². The van der Waals surface area contributed by atoms with Gasteiger partial charge in [-0.25, -0.2) is 0 Å². The molecule has 1 heterocycles. The molecule has 2 atom stereocenters. The normalized spacial score (nSPS) is 22.1. The third-order valence-electron chi connectivity index (χ3n) is 3.58. The van der Waals surface area contributed by atoms with Gasteiger partial charge in [0, 0.05) is 22.7 Å². The molecule has 0 spiro atoms. The number of fused-ring (bicyclic) bond motifs is 1. The lowest BCUT2D eigenvalue weighted by atomic mass is 9.82. The highest BCUT2D eigenvalue weighted by molar-refractivity contribution is 6.30. The highest BCUT2D eigenvalue weighted by Crippen LogP contribution is 2.39. The van der Waals surface area contributed by atoms with Crippen LogP contribution in [0.2, 0.25) is 5.02 Å². The van der Waals surface area contributed by atoms with E-state index in [4.69, 9.17) is 11.6 Å². The van der Waals surface area contributed by atoms with E-state index >= 15 is 0 Å². The number of nitrogens with one attached hydrogen (secondary N) is 1. The molecular weight excluding hydrogens is 242 g/mol. The van der Waals surface area contributed by atoms with Crippen molar-refractivity contribution in [3.05, 3.63) is 64.7 Å². The molecule has 0 saturated carbocycles. The van der Waals surface area contributed by atoms with Gasteiger partial charge in [-0.1, -0.05) is 41.9 Å². The Morgan fingerprint density at radius 3 is 2.67 bits per heavy atom. The summed E-state index contributed by atoms with van der Waals surface area (Å²) in [7, 11) is 0. The average molecular weight is 258 g/mol. The maximum absolute atomic E-state index is 6.14. The van der Waals surface area contributed by atoms with Crippen molar-refractivity contribution in [1.29, 1.82) is 0 Å². The van der Waals surface area contributed by atoms with Gasteiger partial charge in [0.1, 0.15) is 0 Å². The fourth-order valence-electron chi connectivity index (χ4n) is 2.76. The number of anilines is 1. The largest absolute Gasteiger partial charge is 0.382 e. The molecule has 0 saturated heterocycles. The second-order valence-corrected chi connectivity index (χ2v) is 5.41. The minimum atomic E-state index is 0.441. The standard InChI is InChI=1S/C16H16ClN/c1-11-9-14(12-5-3-2-4-6-12)15-10-13(17)7-8-16(15)18-11/h2-8,10-11,14,18H,9H2,1H3/t11-,14+/m0/s1. The minimum absolute atomic E-state index is 0.441. The Morgan fingerprint density at radius 2 is 1.89 bits per heavy atom. The van der Waals surface area contributed by atoms with Gasteiger partial charge in [-0.3, -0.25) is 0 Å². The Kier molecular flexibility index (Phi) is 3.00. The van der Waals surface area contributed by atoms with E-state index in [2.05, 4.69) is 54.7 Å². The van der Waals surface area contributed by atoms with Crippen LogP contribution in [0.1, 0.15) is 30.4 Å². The first-order valence-electron chi connectivity index (χ1n) is 6.35. The van der Waals surface area contributed by atoms with Crippen LogP contribution < -0.4 is 5.32 Å². The molecule has 1 N–H and O–H groups in total. The molecule has 3 rings (SSSR count). The monoisotopic (exact) mass is 257 g/mol. The molecule has 0 bridgehead atoms. The molecular formula is C16H16ClN. The van der Waals surface area contributed by atoms with Crippen LogP contribution in [-0.2, 0) is 0 Å². The fourth-order valence-corrected chi connectivity index (χ4v) is 2.94. The summed E-state index contributed by atoms with van der Waals surface area (Å²) in [5, 5.41) is 4.34. The first-order valence-corrected chi connectivity index (χ1v) is 6.73. The maximum Gasteiger partial charge on any atom is 0.0410 e. The topological polar surface area (TPSA) is 12.0 Å². The molecule has 0 aromatic heterocycles. The van der Waals surface area contributed by atoms with E-state index < -0.39 is 0 Å². The third-order valence-corrected chi connectivity index (χ3v) is 3.82. The average Bonchev–Trinajstić information content (AvgIpc) is 2.39. The van der Waals surface area contributed by atoms with Gasteiger partial charge in [0.25, 0.3) is 0 Å². The van der Waals surface area contributed by atoms with Crippen molar-refractivity contribution >= 4 is 17.3 Å². The second kappa shape index (κ2) is 4.66. The summed E-state index contributed by atoms with van der Waals surface area (Å²) in [5.74, 6) is 0.441. The van der Waals surface area contributed by atoms with E-state index in [9.17, 15) is 0 Å². The van der Waals surface area contributed by atoms with Crippen LogP contribution >= 0.6 is 11.6 Å². The van der Waals surface area contributed by atoms with Gasteiger partial charge in [-0.2, -0.15) is 0 Å². The molecule has 2 aromatic rings. The van der Waals surface area contributed by atoms with Crippen molar-refractivity contribution in [3.63, 3.8) is 0 Å². The lowest BCUT2D eigenvalue weighted by molar-refractivity contribution is 0.615. The van der Waals surface area contributed by atoms with Crippen LogP contribution in [0, 0.1) is 0 Å². The lowest BCUT2D eigenvalue weighted by Gasteiger charge is -2.32. The first-order chi connectivity index (χ1) is 8.74. The molecule has 2 heteroatoms. The third kappa shape index (κ3) is 2.11. The van der Waals surface area contributed by atoms with Crippen molar-refractivity contribution in [2.75, 3.05) is 5.32 Å². The zero-order valence-corrected chi connectivity index (χ0v) is 11.1. The molecule has 0 fully saturated rings. The molecule has 1 nitrogen and oxygen atoms in total. The molecule has 0 radical (unpaired) electrons. The molecule has 92 valence electrons. The Balaban J connectivity index is 2.09. The van der Waals surface area contributed by atoms with Crippen molar-refractivity contribution in [2.45, 2.75) is 25.3 Å². The summed E-state index contributed by atoms with van der Waals surface area (Å²) >= 11 is 6.14. The Hall–Kier alpha value is -1.47. The quantitative estimate of drug-likeness (QED) is 0.782. The molecule has 2 aromatic carbocycles. The van der Waals surface area contributed by atoms with Gasteiger partial charge in [-0.05, 0) is 42.7 Å². The predicted molar refractivity (Wildman–Crippen MR) is 77.4 cm³/mol. The fraction of sp³-hybridized carbons (Fsp3) is 0.250. The predicted octanol–water partition coefficient (Wildman–Crippen LogP) is 4.68. The number of hydrogen-bond donors (Lipinski definition) is 1. The van der Waals surface area contributed by atoms with E-state index in [1.54, 1.807) is 0 Å². The van der Waals surface area contributed by atoms with Crippen molar-refractivity contribution in [1.82, 2.24) is 0 Å². The molecule has 0 aliphatic carbocycles. The number of rotatable bonds is 1. The molecule has 1 aliphatic heterocycles. The zero-order chi connectivity index (χ0) is 12.5. The van der Waals surface area contributed by atoms with Gasteiger partial charge in [0.05, 0.1) is 0 Å². The molecule has 0 amide bonds. The SMILES string of the molecule is C[C@H]1C[C@H](c2ccccc2)c2cc(Cl)ccc2N1. The summed E-state index contributed by atoms with van der Waals surface area (Å²) < 4.78 is 0. The molecule has 18 heavy (non-hydrogen) atoms. The summed E-state index contributed by atoms with van der Waals surface area (Å²) in [5.41, 5.74) is 3.90. The van der Waals surface area contributed by atoms with E-state index in [-0.39, 0.29) is 0 Å². The highest BCUT2D eigenvalue weighted by Gasteiger charge is 2.25. The maximum atomic E-state index is 6.14. The van der Waals surface area contributed by atoms with Gasteiger partial charge >= 0.3 is 0 Å². The van der Waals surface area contributed by atoms with Gasteiger partial charge in [-0.15, -0.1) is 0 Å². The van der Waals surface area contributed by atoms with Gasteiger partial charge in [0.2, 0.25) is 0 Å². The number of benzene rings is 2. The highest BCUT2D eigenvalue weighted by atomic mass is 35.5. The van der Waals surface area contributed by atoms with E-state index in [1.165, 1.54) is 16.8 Å². The van der Waals surface area contributed by atoms with Crippen molar-refractivity contribution in [2.24, 2.45) is 0 Å². The van der Waals surface area contributed by atoms with Crippen LogP contribution in [0.15, 0.2) is 48.5 Å². The van der Waals surface area contributed by atoms with Crippen LogP contribution in [-0.4, -0.2) is 6.04 Å². The molecule has 0 unspecified atom stereocenters. The zero-order valence-electron chi connectivity index (χ0n) is 10.4. The van der Waals surface area contributed by atoms with Crippen LogP contribution in [0.4, 0.5) is 5.69 Å². The summed E-state index contributed by atoms with van der Waals surface area (Å²) in [6, 6.07) is 17.3. The number of hydrogen-bond acceptors (Lipinski definition) is 1. The van der Waals surface area contributed by atoms with E-state index in [0.717, 1.165) is 11.4 Å². The summed E-state index contributed by atoms with van der Waals surface area (Å²) in [6.45, 7) is 2.23.